The Balaban J connectivity index is 1.78. The van der Waals surface area contributed by atoms with E-state index in [1.807, 2.05) is 0 Å². The molecule has 15 heavy (non-hydrogen) atoms. The standard InChI is InChI=1S/C12H20O3/c13-7-10-8-1-3-9(4-2-8)11(10)12-14-5-6-15-12/h8-13H,1-7H2. The zero-order valence-electron chi connectivity index (χ0n) is 9.10. The molecule has 3 aliphatic carbocycles. The third-order valence-electron chi connectivity index (χ3n) is 4.63. The van der Waals surface area contributed by atoms with Gasteiger partial charge < -0.3 is 14.6 Å². The van der Waals surface area contributed by atoms with E-state index in [4.69, 9.17) is 9.47 Å². The molecule has 1 N–H and O–H groups in total. The van der Waals surface area contributed by atoms with E-state index in [2.05, 4.69) is 0 Å². The zero-order valence-corrected chi connectivity index (χ0v) is 9.10. The van der Waals surface area contributed by atoms with E-state index < -0.39 is 0 Å². The normalized spacial score (nSPS) is 46.2. The molecule has 4 aliphatic rings. The van der Waals surface area contributed by atoms with Crippen LogP contribution in [0.25, 0.3) is 0 Å². The molecule has 4 fully saturated rings. The highest BCUT2D eigenvalue weighted by molar-refractivity contribution is 4.94. The van der Waals surface area contributed by atoms with Crippen LogP contribution < -0.4 is 0 Å². The number of hydrogen-bond acceptors (Lipinski definition) is 3. The Morgan fingerprint density at radius 1 is 0.933 bits per heavy atom. The fourth-order valence-corrected chi connectivity index (χ4v) is 3.92. The van der Waals surface area contributed by atoms with Crippen molar-refractivity contribution in [3.05, 3.63) is 0 Å². The van der Waals surface area contributed by atoms with E-state index in [0.717, 1.165) is 25.0 Å². The maximum Gasteiger partial charge on any atom is 0.161 e. The number of rotatable bonds is 2. The highest BCUT2D eigenvalue weighted by Gasteiger charge is 2.48. The summed E-state index contributed by atoms with van der Waals surface area (Å²) in [5.41, 5.74) is 0. The quantitative estimate of drug-likeness (QED) is 0.752. The molecule has 0 aromatic heterocycles. The van der Waals surface area contributed by atoms with E-state index in [-0.39, 0.29) is 6.29 Å². The number of aliphatic hydroxyl groups is 1. The van der Waals surface area contributed by atoms with Crippen LogP contribution in [0.5, 0.6) is 0 Å². The molecule has 1 heterocycles. The molecule has 4 rings (SSSR count). The smallest absolute Gasteiger partial charge is 0.161 e. The van der Waals surface area contributed by atoms with Gasteiger partial charge in [-0.1, -0.05) is 0 Å². The average Bonchev–Trinajstić information content (AvgIpc) is 2.82. The summed E-state index contributed by atoms with van der Waals surface area (Å²) in [6.45, 7) is 1.78. The molecule has 0 spiro atoms. The van der Waals surface area contributed by atoms with Crippen LogP contribution in [-0.4, -0.2) is 31.2 Å². The maximum absolute atomic E-state index is 9.53. The largest absolute Gasteiger partial charge is 0.396 e. The van der Waals surface area contributed by atoms with E-state index in [1.54, 1.807) is 0 Å². The summed E-state index contributed by atoms with van der Waals surface area (Å²) in [5, 5.41) is 9.53. The molecular formula is C12H20O3. The second kappa shape index (κ2) is 4.04. The minimum Gasteiger partial charge on any atom is -0.396 e. The predicted octanol–water partition coefficient (Wildman–Crippen LogP) is 1.40. The van der Waals surface area contributed by atoms with Crippen molar-refractivity contribution < 1.29 is 14.6 Å². The zero-order chi connectivity index (χ0) is 10.3. The van der Waals surface area contributed by atoms with Crippen molar-refractivity contribution >= 4 is 0 Å². The minimum absolute atomic E-state index is 0.0183. The fourth-order valence-electron chi connectivity index (χ4n) is 3.92. The van der Waals surface area contributed by atoms with E-state index in [1.165, 1.54) is 25.7 Å². The molecule has 3 saturated carbocycles. The molecular weight excluding hydrogens is 192 g/mol. The van der Waals surface area contributed by atoms with Gasteiger partial charge in [-0.05, 0) is 43.4 Å². The molecule has 3 nitrogen and oxygen atoms in total. The summed E-state index contributed by atoms with van der Waals surface area (Å²) in [5.74, 6) is 2.35. The van der Waals surface area contributed by atoms with Crippen molar-refractivity contribution in [2.75, 3.05) is 19.8 Å². The first-order valence-electron chi connectivity index (χ1n) is 6.24. The average molecular weight is 212 g/mol. The van der Waals surface area contributed by atoms with Gasteiger partial charge in [-0.2, -0.15) is 0 Å². The highest BCUT2D eigenvalue weighted by atomic mass is 16.7. The Bertz CT molecular complexity index is 215. The van der Waals surface area contributed by atoms with Gasteiger partial charge in [-0.15, -0.1) is 0 Å². The molecule has 2 atom stereocenters. The van der Waals surface area contributed by atoms with Gasteiger partial charge in [0.2, 0.25) is 0 Å². The second-order valence-electron chi connectivity index (χ2n) is 5.21. The van der Waals surface area contributed by atoms with Gasteiger partial charge in [0.15, 0.2) is 6.29 Å². The summed E-state index contributed by atoms with van der Waals surface area (Å²) in [6.07, 6.45) is 5.22. The number of aliphatic hydroxyl groups excluding tert-OH is 1. The van der Waals surface area contributed by atoms with E-state index in [0.29, 0.717) is 18.4 Å². The predicted molar refractivity (Wildman–Crippen MR) is 55.2 cm³/mol. The van der Waals surface area contributed by atoms with Gasteiger partial charge in [0.25, 0.3) is 0 Å². The Labute approximate surface area is 90.8 Å². The number of fused-ring (bicyclic) bond motifs is 3. The minimum atomic E-state index is -0.0183. The first kappa shape index (κ1) is 10.1. The lowest BCUT2D eigenvalue weighted by molar-refractivity contribution is -0.160. The van der Waals surface area contributed by atoms with Gasteiger partial charge in [0.05, 0.1) is 13.2 Å². The first-order valence-corrected chi connectivity index (χ1v) is 6.24. The monoisotopic (exact) mass is 212 g/mol. The Morgan fingerprint density at radius 2 is 1.53 bits per heavy atom. The lowest BCUT2D eigenvalue weighted by Gasteiger charge is -2.49. The van der Waals surface area contributed by atoms with Crippen molar-refractivity contribution in [1.82, 2.24) is 0 Å². The molecule has 0 aromatic carbocycles. The molecule has 2 unspecified atom stereocenters. The third-order valence-corrected chi connectivity index (χ3v) is 4.63. The highest BCUT2D eigenvalue weighted by Crippen LogP contribution is 2.50. The van der Waals surface area contributed by atoms with Gasteiger partial charge in [-0.25, -0.2) is 0 Å². The van der Waals surface area contributed by atoms with Crippen molar-refractivity contribution in [1.29, 1.82) is 0 Å². The Morgan fingerprint density at radius 3 is 2.13 bits per heavy atom. The SMILES string of the molecule is OCC1C2CCC(CC2)C1C1OCCO1. The number of ether oxygens (including phenoxy) is 2. The Hall–Kier alpha value is -0.120. The fraction of sp³-hybridized carbons (Fsp3) is 1.00. The molecule has 1 aliphatic heterocycles. The summed E-state index contributed by atoms with van der Waals surface area (Å²) in [4.78, 5) is 0. The maximum atomic E-state index is 9.53. The molecule has 0 radical (unpaired) electrons. The number of hydrogen-bond donors (Lipinski definition) is 1. The van der Waals surface area contributed by atoms with E-state index in [9.17, 15) is 5.11 Å². The molecule has 1 saturated heterocycles. The van der Waals surface area contributed by atoms with E-state index >= 15 is 0 Å². The molecule has 0 amide bonds. The van der Waals surface area contributed by atoms with Gasteiger partial charge >= 0.3 is 0 Å². The van der Waals surface area contributed by atoms with Crippen molar-refractivity contribution in [3.8, 4) is 0 Å². The van der Waals surface area contributed by atoms with Crippen molar-refractivity contribution in [2.45, 2.75) is 32.0 Å². The first-order chi connectivity index (χ1) is 7.40. The van der Waals surface area contributed by atoms with Crippen LogP contribution >= 0.6 is 0 Å². The van der Waals surface area contributed by atoms with Gasteiger partial charge in [0.1, 0.15) is 0 Å². The van der Waals surface area contributed by atoms with Crippen LogP contribution in [0, 0.1) is 23.7 Å². The summed E-state index contributed by atoms with van der Waals surface area (Å²) >= 11 is 0. The van der Waals surface area contributed by atoms with Crippen LogP contribution in [0.15, 0.2) is 0 Å². The van der Waals surface area contributed by atoms with Crippen molar-refractivity contribution in [3.63, 3.8) is 0 Å². The molecule has 3 heteroatoms. The summed E-state index contributed by atoms with van der Waals surface area (Å²) in [7, 11) is 0. The molecule has 2 bridgehead atoms. The van der Waals surface area contributed by atoms with Crippen LogP contribution in [0.3, 0.4) is 0 Å². The van der Waals surface area contributed by atoms with Crippen molar-refractivity contribution in [2.24, 2.45) is 23.7 Å². The van der Waals surface area contributed by atoms with Crippen LogP contribution in [0.1, 0.15) is 25.7 Å². The molecule has 0 aromatic rings. The second-order valence-corrected chi connectivity index (χ2v) is 5.21. The van der Waals surface area contributed by atoms with Crippen LogP contribution in [0.2, 0.25) is 0 Å². The van der Waals surface area contributed by atoms with Gasteiger partial charge in [0, 0.05) is 12.5 Å². The summed E-state index contributed by atoms with van der Waals surface area (Å²) < 4.78 is 11.3. The topological polar surface area (TPSA) is 38.7 Å². The Kier molecular flexibility index (Phi) is 2.71. The lowest BCUT2D eigenvalue weighted by atomic mass is 9.58. The van der Waals surface area contributed by atoms with Gasteiger partial charge in [-0.3, -0.25) is 0 Å². The van der Waals surface area contributed by atoms with Crippen LogP contribution in [0.4, 0.5) is 0 Å². The summed E-state index contributed by atoms with van der Waals surface area (Å²) in [6, 6.07) is 0. The van der Waals surface area contributed by atoms with Crippen LogP contribution in [-0.2, 0) is 9.47 Å². The molecule has 86 valence electrons. The lowest BCUT2D eigenvalue weighted by Crippen LogP contribution is -2.47. The third kappa shape index (κ3) is 1.61.